The lowest BCUT2D eigenvalue weighted by Crippen LogP contribution is -1.97. The molecule has 0 radical (unpaired) electrons. The van der Waals surface area contributed by atoms with E-state index in [1.807, 2.05) is 6.92 Å². The van der Waals surface area contributed by atoms with Gasteiger partial charge in [-0.1, -0.05) is 23.2 Å². The van der Waals surface area contributed by atoms with Crippen LogP contribution in [0.5, 0.6) is 5.88 Å². The highest BCUT2D eigenvalue weighted by Crippen LogP contribution is 2.34. The molecule has 0 aliphatic rings. The second-order valence-corrected chi connectivity index (χ2v) is 5.05. The van der Waals surface area contributed by atoms with Gasteiger partial charge in [0.05, 0.1) is 17.3 Å². The molecule has 0 aliphatic carbocycles. The zero-order valence-corrected chi connectivity index (χ0v) is 12.9. The largest absolute Gasteiger partial charge is 0.481 e. The fraction of sp³-hybridized carbons (Fsp3) is 0.300. The molecule has 2 rings (SSSR count). The first-order valence-corrected chi connectivity index (χ1v) is 6.47. The van der Waals surface area contributed by atoms with Gasteiger partial charge >= 0.3 is 0 Å². The van der Waals surface area contributed by atoms with Gasteiger partial charge in [0.2, 0.25) is 5.88 Å². The van der Waals surface area contributed by atoms with E-state index in [1.54, 1.807) is 18.8 Å². The van der Waals surface area contributed by atoms with Crippen LogP contribution in [0.2, 0.25) is 10.3 Å². The van der Waals surface area contributed by atoms with E-state index >= 15 is 0 Å². The maximum Gasteiger partial charge on any atom is 0.222 e. The molecular formula is C10H9BrCl2N4O. The maximum atomic E-state index is 5.97. The van der Waals surface area contributed by atoms with Crippen LogP contribution in [0.1, 0.15) is 5.69 Å². The SMILES string of the molecule is COc1c(-c2nc(Cl)c(Br)c(Cl)n2)c(C)nn1C. The first-order valence-electron chi connectivity index (χ1n) is 4.92. The van der Waals surface area contributed by atoms with Gasteiger partial charge in [-0.2, -0.15) is 5.10 Å². The van der Waals surface area contributed by atoms with Gasteiger partial charge in [0.1, 0.15) is 15.9 Å². The van der Waals surface area contributed by atoms with Crippen molar-refractivity contribution in [3.8, 4) is 17.3 Å². The molecule has 96 valence electrons. The smallest absolute Gasteiger partial charge is 0.222 e. The van der Waals surface area contributed by atoms with Gasteiger partial charge in [0.15, 0.2) is 5.82 Å². The summed E-state index contributed by atoms with van der Waals surface area (Å²) in [7, 11) is 3.33. The molecule has 2 heterocycles. The molecule has 0 saturated carbocycles. The fourth-order valence-corrected chi connectivity index (χ4v) is 2.20. The zero-order valence-electron chi connectivity index (χ0n) is 9.83. The van der Waals surface area contributed by atoms with E-state index in [9.17, 15) is 0 Å². The Kier molecular flexibility index (Phi) is 3.79. The van der Waals surface area contributed by atoms with Crippen molar-refractivity contribution in [1.82, 2.24) is 19.7 Å². The number of hydrogen-bond donors (Lipinski definition) is 0. The number of aromatic nitrogens is 4. The zero-order chi connectivity index (χ0) is 13.4. The van der Waals surface area contributed by atoms with Crippen molar-refractivity contribution in [2.24, 2.45) is 7.05 Å². The lowest BCUT2D eigenvalue weighted by atomic mass is 10.2. The van der Waals surface area contributed by atoms with E-state index in [0.29, 0.717) is 21.7 Å². The Labute approximate surface area is 122 Å². The van der Waals surface area contributed by atoms with Crippen LogP contribution < -0.4 is 4.74 Å². The van der Waals surface area contributed by atoms with E-state index in [4.69, 9.17) is 27.9 Å². The van der Waals surface area contributed by atoms with Crippen LogP contribution in [-0.2, 0) is 7.05 Å². The first-order chi connectivity index (χ1) is 8.45. The summed E-state index contributed by atoms with van der Waals surface area (Å²) in [6, 6.07) is 0. The normalized spacial score (nSPS) is 10.8. The van der Waals surface area contributed by atoms with Crippen molar-refractivity contribution < 1.29 is 4.74 Å². The summed E-state index contributed by atoms with van der Waals surface area (Å²) in [6.07, 6.45) is 0. The van der Waals surface area contributed by atoms with Crippen molar-refractivity contribution in [2.45, 2.75) is 6.92 Å². The second kappa shape index (κ2) is 5.03. The minimum Gasteiger partial charge on any atom is -0.481 e. The Balaban J connectivity index is 2.69. The fourth-order valence-electron chi connectivity index (χ4n) is 1.63. The molecule has 0 atom stereocenters. The van der Waals surface area contributed by atoms with Crippen LogP contribution in [0.4, 0.5) is 0 Å². The predicted molar refractivity (Wildman–Crippen MR) is 73.2 cm³/mol. The highest BCUT2D eigenvalue weighted by Gasteiger charge is 2.20. The molecule has 2 aromatic rings. The quantitative estimate of drug-likeness (QED) is 0.779. The molecule has 0 N–H and O–H groups in total. The van der Waals surface area contributed by atoms with E-state index in [1.165, 1.54) is 0 Å². The average molecular weight is 352 g/mol. The number of hydrogen-bond acceptors (Lipinski definition) is 4. The number of aryl methyl sites for hydroxylation is 2. The Hall–Kier alpha value is -0.850. The lowest BCUT2D eigenvalue weighted by molar-refractivity contribution is 0.374. The number of rotatable bonds is 2. The molecule has 18 heavy (non-hydrogen) atoms. The Bertz CT molecular complexity index is 591. The summed E-state index contributed by atoms with van der Waals surface area (Å²) in [6.45, 7) is 1.84. The molecule has 0 aromatic carbocycles. The third kappa shape index (κ3) is 2.20. The van der Waals surface area contributed by atoms with Crippen LogP contribution in [0.15, 0.2) is 4.47 Å². The number of halogens is 3. The van der Waals surface area contributed by atoms with Crippen LogP contribution in [0.25, 0.3) is 11.4 Å². The number of ether oxygens (including phenoxy) is 1. The van der Waals surface area contributed by atoms with Crippen molar-refractivity contribution in [3.63, 3.8) is 0 Å². The van der Waals surface area contributed by atoms with Crippen molar-refractivity contribution in [3.05, 3.63) is 20.5 Å². The summed E-state index contributed by atoms with van der Waals surface area (Å²) in [5.74, 6) is 0.942. The molecule has 2 aromatic heterocycles. The van der Waals surface area contributed by atoms with Gasteiger partial charge in [-0.05, 0) is 22.9 Å². The van der Waals surface area contributed by atoms with Gasteiger partial charge in [0, 0.05) is 7.05 Å². The Morgan fingerprint density at radius 3 is 2.28 bits per heavy atom. The van der Waals surface area contributed by atoms with Crippen LogP contribution >= 0.6 is 39.1 Å². The van der Waals surface area contributed by atoms with E-state index < -0.39 is 0 Å². The van der Waals surface area contributed by atoms with Gasteiger partial charge in [-0.3, -0.25) is 0 Å². The maximum absolute atomic E-state index is 5.97. The standard InChI is InChI=1S/C10H9BrCl2N4O/c1-4-5(10(18-3)17(2)16-4)9-14-7(12)6(11)8(13)15-9/h1-3H3. The summed E-state index contributed by atoms with van der Waals surface area (Å²) < 4.78 is 7.36. The molecule has 0 unspecified atom stereocenters. The highest BCUT2D eigenvalue weighted by molar-refractivity contribution is 9.10. The number of methoxy groups -OCH3 is 1. The first kappa shape index (κ1) is 13.6. The van der Waals surface area contributed by atoms with Crippen molar-refractivity contribution in [2.75, 3.05) is 7.11 Å². The van der Waals surface area contributed by atoms with Crippen molar-refractivity contribution >= 4 is 39.1 Å². The summed E-state index contributed by atoms with van der Waals surface area (Å²) in [5, 5.41) is 4.75. The second-order valence-electron chi connectivity index (χ2n) is 3.54. The molecule has 0 saturated heterocycles. The number of nitrogens with zero attached hydrogens (tertiary/aromatic N) is 4. The highest BCUT2D eigenvalue weighted by atomic mass is 79.9. The Morgan fingerprint density at radius 1 is 1.22 bits per heavy atom. The van der Waals surface area contributed by atoms with Crippen LogP contribution in [0, 0.1) is 6.92 Å². The van der Waals surface area contributed by atoms with Crippen molar-refractivity contribution in [1.29, 1.82) is 0 Å². The van der Waals surface area contributed by atoms with E-state index in [0.717, 1.165) is 5.69 Å². The molecule has 8 heteroatoms. The lowest BCUT2D eigenvalue weighted by Gasteiger charge is -2.05. The summed E-state index contributed by atoms with van der Waals surface area (Å²) in [4.78, 5) is 8.35. The topological polar surface area (TPSA) is 52.8 Å². The molecule has 0 aliphatic heterocycles. The molecule has 0 amide bonds. The summed E-state index contributed by atoms with van der Waals surface area (Å²) >= 11 is 15.2. The third-order valence-corrected chi connectivity index (χ3v) is 4.11. The summed E-state index contributed by atoms with van der Waals surface area (Å²) in [5.41, 5.74) is 1.42. The predicted octanol–water partition coefficient (Wildman–Crippen LogP) is 3.26. The monoisotopic (exact) mass is 350 g/mol. The van der Waals surface area contributed by atoms with E-state index in [2.05, 4.69) is 31.0 Å². The molecule has 5 nitrogen and oxygen atoms in total. The van der Waals surface area contributed by atoms with Crippen LogP contribution in [0.3, 0.4) is 0 Å². The van der Waals surface area contributed by atoms with E-state index in [-0.39, 0.29) is 10.3 Å². The third-order valence-electron chi connectivity index (χ3n) is 2.36. The molecule has 0 fully saturated rings. The molecule has 0 spiro atoms. The average Bonchev–Trinajstić information content (AvgIpc) is 2.59. The molecular weight excluding hydrogens is 343 g/mol. The van der Waals surface area contributed by atoms with Gasteiger partial charge in [-0.15, -0.1) is 0 Å². The van der Waals surface area contributed by atoms with Gasteiger partial charge in [-0.25, -0.2) is 14.6 Å². The minimum absolute atomic E-state index is 0.246. The minimum atomic E-state index is 0.246. The van der Waals surface area contributed by atoms with Crippen LogP contribution in [-0.4, -0.2) is 26.9 Å². The molecule has 0 bridgehead atoms. The Morgan fingerprint density at radius 2 is 1.78 bits per heavy atom. The van der Waals surface area contributed by atoms with Gasteiger partial charge < -0.3 is 4.74 Å². The van der Waals surface area contributed by atoms with Gasteiger partial charge in [0.25, 0.3) is 0 Å².